The summed E-state index contributed by atoms with van der Waals surface area (Å²) in [4.78, 5) is 26.1. The van der Waals surface area contributed by atoms with Crippen molar-refractivity contribution < 1.29 is 9.59 Å². The van der Waals surface area contributed by atoms with Crippen LogP contribution < -0.4 is 5.73 Å². The zero-order chi connectivity index (χ0) is 9.59. The van der Waals surface area contributed by atoms with Crippen molar-refractivity contribution in [1.29, 1.82) is 0 Å². The van der Waals surface area contributed by atoms with E-state index in [9.17, 15) is 9.59 Å². The van der Waals surface area contributed by atoms with E-state index >= 15 is 0 Å². The molecule has 2 saturated heterocycles. The van der Waals surface area contributed by atoms with Crippen LogP contribution in [0.3, 0.4) is 0 Å². The van der Waals surface area contributed by atoms with Crippen molar-refractivity contribution in [1.82, 2.24) is 9.80 Å². The molecular weight excluding hydrogens is 206 g/mol. The molecule has 0 aromatic carbocycles. The maximum Gasteiger partial charge on any atom is 0.245 e. The number of hydrogen-bond acceptors (Lipinski definition) is 3. The van der Waals surface area contributed by atoms with Crippen molar-refractivity contribution in [3.63, 3.8) is 0 Å². The molecule has 0 saturated carbocycles. The molecular formula is C8H14ClN3O2. The molecule has 2 heterocycles. The quantitative estimate of drug-likeness (QED) is 0.557. The highest BCUT2D eigenvalue weighted by molar-refractivity contribution is 5.95. The van der Waals surface area contributed by atoms with E-state index < -0.39 is 0 Å². The standard InChI is InChI=1S/C8H13N3O2.ClH/c1-10-4-7(12)11-3-5(9)2-6(11)8(10)13;/h5-6H,2-4,9H2,1H3;1H. The third-order valence-corrected chi connectivity index (χ3v) is 2.69. The van der Waals surface area contributed by atoms with Gasteiger partial charge in [-0.25, -0.2) is 0 Å². The number of halogens is 1. The molecule has 14 heavy (non-hydrogen) atoms. The van der Waals surface area contributed by atoms with E-state index in [1.807, 2.05) is 0 Å². The van der Waals surface area contributed by atoms with Gasteiger partial charge in [0.15, 0.2) is 0 Å². The number of nitrogens with zero attached hydrogens (tertiary/aromatic N) is 2. The lowest BCUT2D eigenvalue weighted by Crippen LogP contribution is -2.55. The van der Waals surface area contributed by atoms with Crippen LogP contribution in [0.2, 0.25) is 0 Å². The van der Waals surface area contributed by atoms with Gasteiger partial charge in [-0.2, -0.15) is 0 Å². The van der Waals surface area contributed by atoms with E-state index in [4.69, 9.17) is 5.73 Å². The fraction of sp³-hybridized carbons (Fsp3) is 0.750. The lowest BCUT2D eigenvalue weighted by Gasteiger charge is -2.33. The van der Waals surface area contributed by atoms with Crippen molar-refractivity contribution in [3.8, 4) is 0 Å². The minimum absolute atomic E-state index is 0. The molecule has 0 spiro atoms. The highest BCUT2D eigenvalue weighted by Gasteiger charge is 2.43. The summed E-state index contributed by atoms with van der Waals surface area (Å²) in [5.74, 6) is 0.0348. The first-order valence-electron chi connectivity index (χ1n) is 4.39. The summed E-state index contributed by atoms with van der Waals surface area (Å²) >= 11 is 0. The van der Waals surface area contributed by atoms with Crippen LogP contribution in [-0.4, -0.2) is 53.8 Å². The van der Waals surface area contributed by atoms with Crippen LogP contribution in [0.25, 0.3) is 0 Å². The Hall–Kier alpha value is -0.810. The van der Waals surface area contributed by atoms with Gasteiger partial charge in [0.1, 0.15) is 6.04 Å². The van der Waals surface area contributed by atoms with Gasteiger partial charge in [-0.1, -0.05) is 0 Å². The molecule has 5 nitrogen and oxygen atoms in total. The molecule has 2 unspecified atom stereocenters. The lowest BCUT2D eigenvalue weighted by atomic mass is 10.1. The van der Waals surface area contributed by atoms with Gasteiger partial charge in [-0.3, -0.25) is 9.59 Å². The summed E-state index contributed by atoms with van der Waals surface area (Å²) in [7, 11) is 1.65. The zero-order valence-electron chi connectivity index (χ0n) is 7.97. The smallest absolute Gasteiger partial charge is 0.245 e. The van der Waals surface area contributed by atoms with Gasteiger partial charge in [0, 0.05) is 19.6 Å². The third-order valence-electron chi connectivity index (χ3n) is 2.69. The van der Waals surface area contributed by atoms with Gasteiger partial charge in [-0.05, 0) is 6.42 Å². The Balaban J connectivity index is 0.000000980. The highest BCUT2D eigenvalue weighted by atomic mass is 35.5. The number of piperazine rings is 1. The summed E-state index contributed by atoms with van der Waals surface area (Å²) in [6.07, 6.45) is 0.606. The maximum absolute atomic E-state index is 11.6. The first-order chi connectivity index (χ1) is 6.09. The molecule has 80 valence electrons. The second kappa shape index (κ2) is 3.74. The maximum atomic E-state index is 11.6. The predicted octanol–water partition coefficient (Wildman–Crippen LogP) is -1.19. The Kier molecular flexibility index (Phi) is 3.01. The van der Waals surface area contributed by atoms with E-state index in [2.05, 4.69) is 0 Å². The van der Waals surface area contributed by atoms with Gasteiger partial charge in [0.25, 0.3) is 0 Å². The van der Waals surface area contributed by atoms with Crippen LogP contribution in [0.15, 0.2) is 0 Å². The Morgan fingerprint density at radius 2 is 2.07 bits per heavy atom. The Morgan fingerprint density at radius 3 is 2.71 bits per heavy atom. The Labute approximate surface area is 88.6 Å². The van der Waals surface area contributed by atoms with Gasteiger partial charge >= 0.3 is 0 Å². The average molecular weight is 220 g/mol. The second-order valence-corrected chi connectivity index (χ2v) is 3.75. The first-order valence-corrected chi connectivity index (χ1v) is 4.39. The minimum atomic E-state index is -0.291. The summed E-state index contributed by atoms with van der Waals surface area (Å²) < 4.78 is 0. The van der Waals surface area contributed by atoms with Gasteiger partial charge in [0.2, 0.25) is 11.8 Å². The van der Waals surface area contributed by atoms with Crippen LogP contribution in [0.4, 0.5) is 0 Å². The molecule has 0 radical (unpaired) electrons. The van der Waals surface area contributed by atoms with Crippen molar-refractivity contribution in [2.45, 2.75) is 18.5 Å². The van der Waals surface area contributed by atoms with Crippen molar-refractivity contribution in [2.75, 3.05) is 20.1 Å². The molecule has 0 bridgehead atoms. The molecule has 0 aromatic rings. The summed E-state index contributed by atoms with van der Waals surface area (Å²) in [5, 5.41) is 0. The van der Waals surface area contributed by atoms with Crippen molar-refractivity contribution in [2.24, 2.45) is 5.73 Å². The van der Waals surface area contributed by atoms with E-state index in [1.54, 1.807) is 11.9 Å². The third kappa shape index (κ3) is 1.57. The van der Waals surface area contributed by atoms with Crippen LogP contribution in [0.5, 0.6) is 0 Å². The molecule has 2 aliphatic heterocycles. The SMILES string of the molecule is CN1CC(=O)N2CC(N)CC2C1=O.Cl. The predicted molar refractivity (Wildman–Crippen MR) is 53.0 cm³/mol. The Morgan fingerprint density at radius 1 is 1.43 bits per heavy atom. The number of nitrogens with two attached hydrogens (primary N) is 1. The number of likely N-dealkylation sites (N-methyl/N-ethyl adjacent to an activating group) is 1. The number of rotatable bonds is 0. The normalized spacial score (nSPS) is 31.6. The number of amides is 2. The average Bonchev–Trinajstić information content (AvgIpc) is 2.44. The molecule has 2 N–H and O–H groups in total. The molecule has 2 fully saturated rings. The van der Waals surface area contributed by atoms with E-state index in [-0.39, 0.29) is 42.8 Å². The van der Waals surface area contributed by atoms with Crippen LogP contribution in [-0.2, 0) is 9.59 Å². The number of carbonyl (C=O) groups excluding carboxylic acids is 2. The first kappa shape index (κ1) is 11.3. The molecule has 2 rings (SSSR count). The van der Waals surface area contributed by atoms with Crippen LogP contribution in [0.1, 0.15) is 6.42 Å². The van der Waals surface area contributed by atoms with E-state index in [1.165, 1.54) is 4.90 Å². The molecule has 2 atom stereocenters. The van der Waals surface area contributed by atoms with E-state index in [0.717, 1.165) is 0 Å². The summed E-state index contributed by atoms with van der Waals surface area (Å²) in [5.41, 5.74) is 5.70. The Bertz CT molecular complexity index is 271. The van der Waals surface area contributed by atoms with Crippen LogP contribution >= 0.6 is 12.4 Å². The number of fused-ring (bicyclic) bond motifs is 1. The molecule has 2 aliphatic rings. The lowest BCUT2D eigenvalue weighted by molar-refractivity contribution is -0.152. The van der Waals surface area contributed by atoms with E-state index in [0.29, 0.717) is 13.0 Å². The van der Waals surface area contributed by atoms with Crippen molar-refractivity contribution >= 4 is 24.2 Å². The summed E-state index contributed by atoms with van der Waals surface area (Å²) in [6, 6.07) is -0.328. The summed E-state index contributed by atoms with van der Waals surface area (Å²) in [6.45, 7) is 0.727. The topological polar surface area (TPSA) is 66.6 Å². The number of carbonyl (C=O) groups is 2. The fourth-order valence-corrected chi connectivity index (χ4v) is 2.00. The zero-order valence-corrected chi connectivity index (χ0v) is 8.79. The van der Waals surface area contributed by atoms with Crippen molar-refractivity contribution in [3.05, 3.63) is 0 Å². The fourth-order valence-electron chi connectivity index (χ4n) is 2.00. The molecule has 0 aliphatic carbocycles. The van der Waals surface area contributed by atoms with Gasteiger partial charge in [0.05, 0.1) is 6.54 Å². The van der Waals surface area contributed by atoms with Crippen LogP contribution in [0, 0.1) is 0 Å². The highest BCUT2D eigenvalue weighted by Crippen LogP contribution is 2.21. The monoisotopic (exact) mass is 219 g/mol. The molecule has 6 heteroatoms. The van der Waals surface area contributed by atoms with Gasteiger partial charge in [-0.15, -0.1) is 12.4 Å². The largest absolute Gasteiger partial charge is 0.335 e. The molecule has 0 aromatic heterocycles. The number of hydrogen-bond donors (Lipinski definition) is 1. The minimum Gasteiger partial charge on any atom is -0.335 e. The second-order valence-electron chi connectivity index (χ2n) is 3.75. The molecule has 2 amide bonds. The van der Waals surface area contributed by atoms with Gasteiger partial charge < -0.3 is 15.5 Å².